The maximum absolute atomic E-state index is 13.9. The molecule has 0 unspecified atom stereocenters. The van der Waals surface area contributed by atoms with Crippen molar-refractivity contribution in [3.05, 3.63) is 29.8 Å². The van der Waals surface area contributed by atoms with Gasteiger partial charge >= 0.3 is 77.5 Å². The summed E-state index contributed by atoms with van der Waals surface area (Å²) < 4.78 is 338. The van der Waals surface area contributed by atoms with Gasteiger partial charge in [-0.15, -0.1) is 0 Å². The molecule has 0 atom stereocenters. The van der Waals surface area contributed by atoms with Gasteiger partial charge in [0.2, 0.25) is 0 Å². The second-order valence-electron chi connectivity index (χ2n) is 8.67. The van der Waals surface area contributed by atoms with E-state index in [1.165, 1.54) is 0 Å². The summed E-state index contributed by atoms with van der Waals surface area (Å²) in [4.78, 5) is 11.5. The predicted molar refractivity (Wildman–Crippen MR) is 94.0 cm³/mol. The van der Waals surface area contributed by atoms with Gasteiger partial charge in [-0.3, -0.25) is 0 Å². The lowest BCUT2D eigenvalue weighted by Gasteiger charge is -2.45. The van der Waals surface area contributed by atoms with E-state index in [9.17, 15) is 120 Å². The largest absolute Gasteiger partial charge is 0.507 e. The van der Waals surface area contributed by atoms with Crippen molar-refractivity contribution < 1.29 is 124 Å². The van der Waals surface area contributed by atoms with E-state index in [1.54, 1.807) is 0 Å². The van der Waals surface area contributed by atoms with Crippen molar-refractivity contribution in [1.82, 2.24) is 0 Å². The standard InChI is InChI=1S/C19H5F25O3/c20-8(21,10(24,25)12(28,29)14(32,33)16(36,37)18(40,41)42)9(22,23)11(26,27)13(30,31)15(34,35)17(38,39)19(43,44)47-7(46)5-3-1-2-4-6(5)45/h1-4,45H. The first-order valence-electron chi connectivity index (χ1n) is 10.4. The third-order valence-corrected chi connectivity index (χ3v) is 5.62. The van der Waals surface area contributed by atoms with Crippen LogP contribution in [-0.2, 0) is 4.74 Å². The van der Waals surface area contributed by atoms with Crippen LogP contribution in [0.4, 0.5) is 110 Å². The summed E-state index contributed by atoms with van der Waals surface area (Å²) in [5.41, 5.74) is -1.76. The van der Waals surface area contributed by atoms with Gasteiger partial charge in [0.1, 0.15) is 11.3 Å². The highest BCUT2D eigenvalue weighted by Gasteiger charge is 3.00. The van der Waals surface area contributed by atoms with Crippen LogP contribution in [0.15, 0.2) is 24.3 Å². The number of alkyl halides is 25. The summed E-state index contributed by atoms with van der Waals surface area (Å²) in [5.74, 6) is -97.9. The third-order valence-electron chi connectivity index (χ3n) is 5.62. The number of ether oxygens (including phenoxy) is 1. The summed E-state index contributed by atoms with van der Waals surface area (Å²) in [5, 5.41) is 9.19. The molecule has 0 aromatic heterocycles. The van der Waals surface area contributed by atoms with Crippen molar-refractivity contribution in [2.24, 2.45) is 0 Å². The van der Waals surface area contributed by atoms with E-state index in [-0.39, 0.29) is 6.07 Å². The second-order valence-corrected chi connectivity index (χ2v) is 8.67. The highest BCUT2D eigenvalue weighted by molar-refractivity contribution is 5.92. The number of rotatable bonds is 12. The SMILES string of the molecule is O=C(OC(F)(F)C(F)(F)C(F)(F)C(F)(F)C(F)(F)C(F)(F)C(F)(F)C(F)(F)C(F)(F)C(F)(F)C(F)(F)C(F)(F)F)c1ccccc1O. The van der Waals surface area contributed by atoms with Gasteiger partial charge in [-0.25, -0.2) is 4.79 Å². The molecule has 28 heteroatoms. The van der Waals surface area contributed by atoms with Gasteiger partial charge in [0, 0.05) is 0 Å². The molecule has 274 valence electrons. The number of halogens is 25. The molecule has 0 aliphatic carbocycles. The summed E-state index contributed by atoms with van der Waals surface area (Å²) in [7, 11) is 0. The number of esters is 1. The van der Waals surface area contributed by atoms with Gasteiger partial charge < -0.3 is 9.84 Å². The normalized spacial score (nSPS) is 15.9. The molecule has 3 nitrogen and oxygen atoms in total. The Morgan fingerprint density at radius 3 is 0.957 bits per heavy atom. The molecule has 0 spiro atoms. The minimum absolute atomic E-state index is 0.111. The molecule has 0 aliphatic heterocycles. The average molecular weight is 756 g/mol. The zero-order valence-corrected chi connectivity index (χ0v) is 20.5. The molecule has 0 saturated heterocycles. The minimum atomic E-state index is -9.71. The maximum Gasteiger partial charge on any atom is 0.473 e. The maximum atomic E-state index is 13.9. The lowest BCUT2D eigenvalue weighted by atomic mass is 9.85. The first kappa shape index (κ1) is 41.8. The number of carbonyl (C=O) groups is 1. The van der Waals surface area contributed by atoms with Crippen LogP contribution in [-0.4, -0.2) is 82.6 Å². The van der Waals surface area contributed by atoms with Gasteiger partial charge in [-0.1, -0.05) is 12.1 Å². The Hall–Kier alpha value is -3.26. The lowest BCUT2D eigenvalue weighted by Crippen LogP contribution is -2.78. The van der Waals surface area contributed by atoms with E-state index < -0.39 is 88.8 Å². The van der Waals surface area contributed by atoms with Crippen LogP contribution in [0.5, 0.6) is 5.75 Å². The second kappa shape index (κ2) is 10.9. The summed E-state index contributed by atoms with van der Waals surface area (Å²) >= 11 is 0. The van der Waals surface area contributed by atoms with E-state index >= 15 is 0 Å². The minimum Gasteiger partial charge on any atom is -0.507 e. The first-order chi connectivity index (χ1) is 20.1. The Kier molecular flexibility index (Phi) is 9.66. The van der Waals surface area contributed by atoms with Crippen LogP contribution >= 0.6 is 0 Å². The topological polar surface area (TPSA) is 46.5 Å². The predicted octanol–water partition coefficient (Wildman–Crippen LogP) is 9.06. The fourth-order valence-electron chi connectivity index (χ4n) is 2.82. The van der Waals surface area contributed by atoms with Crippen LogP contribution in [0.3, 0.4) is 0 Å². The smallest absolute Gasteiger partial charge is 0.473 e. The molecule has 1 aromatic carbocycles. The lowest BCUT2D eigenvalue weighted by molar-refractivity contribution is -0.487. The zero-order valence-electron chi connectivity index (χ0n) is 20.5. The molecule has 0 aliphatic rings. The van der Waals surface area contributed by atoms with Crippen molar-refractivity contribution in [2.45, 2.75) is 71.5 Å². The van der Waals surface area contributed by atoms with Crippen molar-refractivity contribution in [3.8, 4) is 5.75 Å². The molecule has 0 saturated carbocycles. The van der Waals surface area contributed by atoms with Crippen LogP contribution in [0.1, 0.15) is 10.4 Å². The van der Waals surface area contributed by atoms with E-state index in [1.807, 2.05) is 0 Å². The van der Waals surface area contributed by atoms with E-state index in [0.29, 0.717) is 18.2 Å². The number of phenolic OH excluding ortho intramolecular Hbond substituents is 1. The monoisotopic (exact) mass is 756 g/mol. The number of hydrogen-bond acceptors (Lipinski definition) is 3. The molecule has 0 bridgehead atoms. The number of phenols is 1. The van der Waals surface area contributed by atoms with Crippen molar-refractivity contribution in [3.63, 3.8) is 0 Å². The number of aromatic hydroxyl groups is 1. The van der Waals surface area contributed by atoms with Crippen LogP contribution in [0.2, 0.25) is 0 Å². The van der Waals surface area contributed by atoms with Crippen LogP contribution < -0.4 is 0 Å². The highest BCUT2D eigenvalue weighted by atomic mass is 19.4. The van der Waals surface area contributed by atoms with Gasteiger partial charge in [-0.2, -0.15) is 110 Å². The first-order valence-corrected chi connectivity index (χ1v) is 10.4. The Bertz CT molecular complexity index is 1330. The molecule has 1 N–H and O–H groups in total. The highest BCUT2D eigenvalue weighted by Crippen LogP contribution is 2.67. The molecular formula is C19H5F25O3. The molecule has 1 aromatic rings. The van der Waals surface area contributed by atoms with Gasteiger partial charge in [0.15, 0.2) is 0 Å². The quantitative estimate of drug-likeness (QED) is 0.171. The average Bonchev–Trinajstić information content (AvgIpc) is 2.86. The Morgan fingerprint density at radius 1 is 0.426 bits per heavy atom. The number of hydrogen-bond donors (Lipinski definition) is 1. The Balaban J connectivity index is 3.82. The van der Waals surface area contributed by atoms with Crippen molar-refractivity contribution >= 4 is 5.97 Å². The van der Waals surface area contributed by atoms with Crippen molar-refractivity contribution in [2.75, 3.05) is 0 Å². The Morgan fingerprint density at radius 2 is 0.681 bits per heavy atom. The zero-order chi connectivity index (χ0) is 38.3. The van der Waals surface area contributed by atoms with Crippen LogP contribution in [0.25, 0.3) is 0 Å². The number of carbonyl (C=O) groups excluding carboxylic acids is 1. The molecule has 1 rings (SSSR count). The third kappa shape index (κ3) is 5.30. The summed E-state index contributed by atoms with van der Waals surface area (Å²) in [6.07, 6.45) is -15.9. The molecular weight excluding hydrogens is 751 g/mol. The molecule has 0 fully saturated rings. The van der Waals surface area contributed by atoms with E-state index in [0.717, 1.165) is 0 Å². The fraction of sp³-hybridized carbons (Fsp3) is 0.632. The van der Waals surface area contributed by atoms with Crippen molar-refractivity contribution in [1.29, 1.82) is 0 Å². The van der Waals surface area contributed by atoms with Crippen LogP contribution in [0, 0.1) is 0 Å². The fourth-order valence-corrected chi connectivity index (χ4v) is 2.82. The number of benzene rings is 1. The molecule has 0 radical (unpaired) electrons. The van der Waals surface area contributed by atoms with Gasteiger partial charge in [-0.05, 0) is 12.1 Å². The van der Waals surface area contributed by atoms with Gasteiger partial charge in [0.05, 0.1) is 0 Å². The summed E-state index contributed by atoms with van der Waals surface area (Å²) in [6.45, 7) is 0. The molecule has 47 heavy (non-hydrogen) atoms. The molecule has 0 amide bonds. The summed E-state index contributed by atoms with van der Waals surface area (Å²) in [6, 6.07) is 1.68. The molecule has 0 heterocycles. The Labute approximate surface area is 238 Å². The van der Waals surface area contributed by atoms with E-state index in [4.69, 9.17) is 0 Å². The number of para-hydroxylation sites is 1. The van der Waals surface area contributed by atoms with Gasteiger partial charge in [0.25, 0.3) is 0 Å². The van der Waals surface area contributed by atoms with E-state index in [2.05, 4.69) is 4.74 Å².